The highest BCUT2D eigenvalue weighted by molar-refractivity contribution is 7.07. The number of aryl methyl sites for hydroxylation is 1. The van der Waals surface area contributed by atoms with Crippen LogP contribution >= 0.6 is 11.3 Å². The maximum absolute atomic E-state index is 13.2. The molecule has 0 aliphatic carbocycles. The zero-order valence-electron chi connectivity index (χ0n) is 19.6. The number of carbonyl (C=O) groups excluding carboxylic acids is 2. The molecule has 1 N–H and O–H groups in total. The van der Waals surface area contributed by atoms with E-state index >= 15 is 0 Å². The van der Waals surface area contributed by atoms with Crippen molar-refractivity contribution in [3.05, 3.63) is 88.0 Å². The van der Waals surface area contributed by atoms with Gasteiger partial charge in [0.25, 0.3) is 11.8 Å². The van der Waals surface area contributed by atoms with Crippen molar-refractivity contribution in [2.45, 2.75) is 6.92 Å². The predicted octanol–water partition coefficient (Wildman–Crippen LogP) is 4.32. The van der Waals surface area contributed by atoms with Crippen molar-refractivity contribution in [3.8, 4) is 17.0 Å². The Morgan fingerprint density at radius 1 is 1.03 bits per heavy atom. The van der Waals surface area contributed by atoms with Crippen LogP contribution in [0.1, 0.15) is 11.1 Å². The second-order valence-corrected chi connectivity index (χ2v) is 9.38. The first-order valence-electron chi connectivity index (χ1n) is 11.3. The van der Waals surface area contributed by atoms with Gasteiger partial charge in [0, 0.05) is 23.6 Å². The number of amides is 2. The molecule has 1 aromatic heterocycles. The Morgan fingerprint density at radius 3 is 2.75 bits per heavy atom. The molecule has 0 atom stereocenters. The van der Waals surface area contributed by atoms with Crippen molar-refractivity contribution in [1.82, 2.24) is 4.68 Å². The third kappa shape index (κ3) is 3.79. The molecule has 3 heterocycles. The number of thiazole rings is 1. The second kappa shape index (κ2) is 8.62. The van der Waals surface area contributed by atoms with Crippen molar-refractivity contribution in [3.63, 3.8) is 0 Å². The van der Waals surface area contributed by atoms with Crippen molar-refractivity contribution in [2.75, 3.05) is 23.9 Å². The van der Waals surface area contributed by atoms with Crippen molar-refractivity contribution in [2.24, 2.45) is 10.1 Å². The minimum atomic E-state index is -0.204. The van der Waals surface area contributed by atoms with Gasteiger partial charge in [0.05, 0.1) is 22.8 Å². The van der Waals surface area contributed by atoms with E-state index in [0.29, 0.717) is 21.9 Å². The first-order chi connectivity index (χ1) is 17.5. The Labute approximate surface area is 210 Å². The molecule has 0 radical (unpaired) electrons. The summed E-state index contributed by atoms with van der Waals surface area (Å²) in [5, 5.41) is 9.65. The van der Waals surface area contributed by atoms with E-state index in [0.717, 1.165) is 33.8 Å². The van der Waals surface area contributed by atoms with E-state index in [-0.39, 0.29) is 18.4 Å². The van der Waals surface area contributed by atoms with Crippen LogP contribution in [0.5, 0.6) is 5.75 Å². The summed E-state index contributed by atoms with van der Waals surface area (Å²) < 4.78 is 7.21. The van der Waals surface area contributed by atoms with Crippen LogP contribution in [0.2, 0.25) is 0 Å². The number of para-hydroxylation sites is 1. The number of nitrogens with one attached hydrogen (secondary N) is 1. The topological polar surface area (TPSA) is 88.3 Å². The van der Waals surface area contributed by atoms with Crippen LogP contribution in [0.25, 0.3) is 11.3 Å². The number of aromatic nitrogens is 1. The van der Waals surface area contributed by atoms with Gasteiger partial charge in [-0.3, -0.25) is 9.59 Å². The molecule has 0 fully saturated rings. The molecule has 0 bridgehead atoms. The number of rotatable bonds is 3. The summed E-state index contributed by atoms with van der Waals surface area (Å²) in [6.07, 6.45) is 0. The highest BCUT2D eigenvalue weighted by Crippen LogP contribution is 2.34. The molecule has 0 saturated heterocycles. The lowest BCUT2D eigenvalue weighted by Gasteiger charge is -2.18. The van der Waals surface area contributed by atoms with E-state index in [9.17, 15) is 9.59 Å². The normalized spacial score (nSPS) is 16.1. The van der Waals surface area contributed by atoms with E-state index < -0.39 is 0 Å². The molecule has 178 valence electrons. The number of hydrogen-bond acceptors (Lipinski definition) is 6. The Hall–Kier alpha value is -4.50. The minimum Gasteiger partial charge on any atom is -0.482 e. The molecular weight excluding hydrogens is 474 g/mol. The molecule has 0 spiro atoms. The summed E-state index contributed by atoms with van der Waals surface area (Å²) in [7, 11) is 1.74. The average molecular weight is 496 g/mol. The van der Waals surface area contributed by atoms with Crippen LogP contribution in [0.15, 0.2) is 82.2 Å². The number of carbonyl (C=O) groups is 2. The number of benzene rings is 3. The van der Waals surface area contributed by atoms with Crippen molar-refractivity contribution >= 4 is 45.9 Å². The number of fused-ring (bicyclic) bond motifs is 2. The summed E-state index contributed by atoms with van der Waals surface area (Å²) >= 11 is 1.42. The lowest BCUT2D eigenvalue weighted by molar-refractivity contribution is -0.118. The summed E-state index contributed by atoms with van der Waals surface area (Å²) in [6.45, 7) is 2.01. The Morgan fingerprint density at radius 2 is 1.89 bits per heavy atom. The van der Waals surface area contributed by atoms with Crippen molar-refractivity contribution in [1.29, 1.82) is 0 Å². The van der Waals surface area contributed by atoms with Crippen LogP contribution < -0.4 is 19.8 Å². The van der Waals surface area contributed by atoms with Crippen LogP contribution in [-0.4, -0.2) is 35.9 Å². The van der Waals surface area contributed by atoms with Gasteiger partial charge in [0.1, 0.15) is 5.75 Å². The highest BCUT2D eigenvalue weighted by atomic mass is 32.1. The number of likely N-dealkylation sites (N-methyl/N-ethyl adjacent to an activating group) is 1. The van der Waals surface area contributed by atoms with E-state index in [1.165, 1.54) is 11.3 Å². The molecule has 0 unspecified atom stereocenters. The maximum atomic E-state index is 13.2. The standard InChI is InChI=1S/C27H21N5O3S/c1-16-6-5-7-18(12-16)28-27-32(30-25-19-8-3-4-9-21(19)31(2)26(25)34)22(15-36-27)17-10-11-23-20(13-17)29-24(33)14-35-23/h3-13,15H,14H2,1-2H3,(H,29,33). The van der Waals surface area contributed by atoms with Gasteiger partial charge in [-0.25, -0.2) is 9.67 Å². The summed E-state index contributed by atoms with van der Waals surface area (Å²) in [5.74, 6) is 0.218. The van der Waals surface area contributed by atoms with Crippen LogP contribution in [0.4, 0.5) is 17.1 Å². The Kier molecular flexibility index (Phi) is 5.26. The zero-order chi connectivity index (χ0) is 24.8. The third-order valence-electron chi connectivity index (χ3n) is 6.05. The average Bonchev–Trinajstić information content (AvgIpc) is 3.38. The first-order valence-corrected chi connectivity index (χ1v) is 12.2. The van der Waals surface area contributed by atoms with E-state index in [1.54, 1.807) is 16.6 Å². The molecule has 2 aliphatic rings. The molecule has 6 rings (SSSR count). The van der Waals surface area contributed by atoms with Gasteiger partial charge in [-0.05, 0) is 48.9 Å². The fourth-order valence-corrected chi connectivity index (χ4v) is 5.12. The van der Waals surface area contributed by atoms with Gasteiger partial charge in [0.2, 0.25) is 4.80 Å². The molecular formula is C27H21N5O3S. The van der Waals surface area contributed by atoms with E-state index in [1.807, 2.05) is 79.0 Å². The molecule has 2 aliphatic heterocycles. The molecule has 4 aromatic rings. The molecule has 2 amide bonds. The van der Waals surface area contributed by atoms with Gasteiger partial charge in [-0.15, -0.1) is 11.3 Å². The summed E-state index contributed by atoms with van der Waals surface area (Å²) in [4.78, 5) is 32.1. The quantitative estimate of drug-likeness (QED) is 0.459. The SMILES string of the molecule is Cc1cccc(N=c2scc(-c3ccc4c(c3)NC(=O)CO4)n2N=C2C(=O)N(C)c3ccccc32)c1. The van der Waals surface area contributed by atoms with Crippen molar-refractivity contribution < 1.29 is 14.3 Å². The number of anilines is 2. The number of nitrogens with zero attached hydrogens (tertiary/aromatic N) is 4. The van der Waals surface area contributed by atoms with Gasteiger partial charge in [-0.2, -0.15) is 5.10 Å². The molecule has 8 nitrogen and oxygen atoms in total. The largest absolute Gasteiger partial charge is 0.482 e. The van der Waals surface area contributed by atoms with E-state index in [2.05, 4.69) is 5.32 Å². The smallest absolute Gasteiger partial charge is 0.279 e. The predicted molar refractivity (Wildman–Crippen MR) is 140 cm³/mol. The van der Waals surface area contributed by atoms with Gasteiger partial charge in [-0.1, -0.05) is 30.3 Å². The maximum Gasteiger partial charge on any atom is 0.279 e. The molecule has 9 heteroatoms. The lowest BCUT2D eigenvalue weighted by Crippen LogP contribution is -2.27. The summed E-state index contributed by atoms with van der Waals surface area (Å²) in [6, 6.07) is 21.1. The molecule has 0 saturated carbocycles. The third-order valence-corrected chi connectivity index (χ3v) is 6.86. The summed E-state index contributed by atoms with van der Waals surface area (Å²) in [5.41, 5.74) is 5.93. The van der Waals surface area contributed by atoms with Gasteiger partial charge in [0.15, 0.2) is 12.3 Å². The number of hydrogen-bond donors (Lipinski definition) is 1. The van der Waals surface area contributed by atoms with Crippen LogP contribution in [-0.2, 0) is 9.59 Å². The highest BCUT2D eigenvalue weighted by Gasteiger charge is 2.31. The number of ether oxygens (including phenoxy) is 1. The fourth-order valence-electron chi connectivity index (χ4n) is 4.27. The van der Waals surface area contributed by atoms with E-state index in [4.69, 9.17) is 14.8 Å². The zero-order valence-corrected chi connectivity index (χ0v) is 20.4. The molecule has 36 heavy (non-hydrogen) atoms. The fraction of sp³-hybridized carbons (Fsp3) is 0.111. The lowest BCUT2D eigenvalue weighted by atomic mass is 10.1. The monoisotopic (exact) mass is 495 g/mol. The Bertz CT molecular complexity index is 1650. The minimum absolute atomic E-state index is 0.00693. The van der Waals surface area contributed by atoms with Crippen LogP contribution in [0.3, 0.4) is 0 Å². The van der Waals surface area contributed by atoms with Gasteiger partial charge >= 0.3 is 0 Å². The van der Waals surface area contributed by atoms with Gasteiger partial charge < -0.3 is 15.0 Å². The van der Waals surface area contributed by atoms with Crippen LogP contribution in [0, 0.1) is 6.92 Å². The second-order valence-electron chi connectivity index (χ2n) is 8.54. The first kappa shape index (κ1) is 22.0. The molecule has 3 aromatic carbocycles. The Balaban J connectivity index is 1.56.